The Morgan fingerprint density at radius 1 is 1.03 bits per heavy atom. The molecule has 0 aliphatic carbocycles. The van der Waals surface area contributed by atoms with E-state index in [1.165, 1.54) is 24.0 Å². The van der Waals surface area contributed by atoms with Gasteiger partial charge < -0.3 is 19.6 Å². The van der Waals surface area contributed by atoms with E-state index in [0.29, 0.717) is 5.92 Å². The summed E-state index contributed by atoms with van der Waals surface area (Å²) in [7, 11) is -3.63. The smallest absolute Gasteiger partial charge is 0.248 e. The number of anilines is 1. The molecule has 4 rings (SSSR count). The average Bonchev–Trinajstić information content (AvgIpc) is 2.80. The van der Waals surface area contributed by atoms with Crippen molar-refractivity contribution in [2.45, 2.75) is 23.7 Å². The number of piperidine rings is 1. The number of carbonyl (C=O) groups excluding carboxylic acids is 1. The third-order valence-electron chi connectivity index (χ3n) is 5.55. The largest absolute Gasteiger partial charge is 0.454 e. The number of carbonyl (C=O) groups is 1. The Bertz CT molecular complexity index is 1190. The Morgan fingerprint density at radius 3 is 2.33 bits per heavy atom. The number of primary amides is 1. The van der Waals surface area contributed by atoms with Crippen molar-refractivity contribution in [2.24, 2.45) is 5.73 Å². The van der Waals surface area contributed by atoms with Crippen LogP contribution in [0.2, 0.25) is 0 Å². The molecule has 1 aliphatic rings. The van der Waals surface area contributed by atoms with Crippen LogP contribution in [-0.2, 0) is 9.80 Å². The lowest BCUT2D eigenvalue weighted by atomic mass is 9.89. The first-order valence-electron chi connectivity index (χ1n) is 9.83. The number of benzene rings is 2. The molecule has 1 aliphatic heterocycles. The minimum absolute atomic E-state index is 0.121. The van der Waals surface area contributed by atoms with E-state index in [0.717, 1.165) is 31.6 Å². The standard InChI is InChI=1S/C23H24N2O4S/c24-23(26)19-12-15-29-22(16-19)30(27,28)21-8-6-20(7-9-21)25-13-10-18(11-14-25)17-4-2-1-3-5-17/h1-9,12,15-16,18H,10-11,13-14H2,(H2,24,26)(H,27,28). The van der Waals surface area contributed by atoms with Crippen molar-refractivity contribution in [3.63, 3.8) is 0 Å². The summed E-state index contributed by atoms with van der Waals surface area (Å²) in [5, 5.41) is 0. The Morgan fingerprint density at radius 2 is 1.70 bits per heavy atom. The monoisotopic (exact) mass is 424 g/mol. The summed E-state index contributed by atoms with van der Waals surface area (Å²) in [6.45, 7) is 1.87. The van der Waals surface area contributed by atoms with Gasteiger partial charge in [0.05, 0.1) is 11.2 Å². The lowest BCUT2D eigenvalue weighted by Gasteiger charge is -2.34. The fourth-order valence-electron chi connectivity index (χ4n) is 3.84. The van der Waals surface area contributed by atoms with Crippen LogP contribution in [0.5, 0.6) is 0 Å². The van der Waals surface area contributed by atoms with E-state index in [2.05, 4.69) is 29.2 Å². The van der Waals surface area contributed by atoms with Crippen molar-refractivity contribution in [1.82, 2.24) is 0 Å². The normalized spacial score (nSPS) is 16.8. The molecule has 3 aromatic rings. The summed E-state index contributed by atoms with van der Waals surface area (Å²) in [6.07, 6.45) is 3.33. The van der Waals surface area contributed by atoms with Gasteiger partial charge in [-0.25, -0.2) is 4.21 Å². The second-order valence-electron chi connectivity index (χ2n) is 7.40. The van der Waals surface area contributed by atoms with Gasteiger partial charge in [0, 0.05) is 30.4 Å². The molecule has 0 radical (unpaired) electrons. The molecule has 3 N–H and O–H groups in total. The topological polar surface area (TPSA) is 96.8 Å². The highest BCUT2D eigenvalue weighted by Crippen LogP contribution is 2.30. The lowest BCUT2D eigenvalue weighted by Crippen LogP contribution is -2.32. The number of nitrogens with zero attached hydrogens (tertiary/aromatic N) is 1. The number of hydrogen-bond donors (Lipinski definition) is 2. The Kier molecular flexibility index (Phi) is 5.65. The second kappa shape index (κ2) is 8.38. The highest BCUT2D eigenvalue weighted by molar-refractivity contribution is 7.89. The molecular weight excluding hydrogens is 400 g/mol. The van der Waals surface area contributed by atoms with Crippen molar-refractivity contribution in [1.29, 1.82) is 0 Å². The first-order chi connectivity index (χ1) is 14.4. The summed E-state index contributed by atoms with van der Waals surface area (Å²) < 4.78 is 28.5. The summed E-state index contributed by atoms with van der Waals surface area (Å²) in [4.78, 5) is 13.9. The summed E-state index contributed by atoms with van der Waals surface area (Å²) >= 11 is 0. The molecule has 1 aromatic heterocycles. The Labute approximate surface area is 175 Å². The molecule has 1 saturated heterocycles. The van der Waals surface area contributed by atoms with Crippen LogP contribution in [0.15, 0.2) is 82.3 Å². The molecule has 1 amide bonds. The average molecular weight is 425 g/mol. The summed E-state index contributed by atoms with van der Waals surface area (Å²) in [5.74, 6) is -0.117. The van der Waals surface area contributed by atoms with Gasteiger partial charge in [0.2, 0.25) is 10.6 Å². The van der Waals surface area contributed by atoms with Crippen molar-refractivity contribution in [2.75, 3.05) is 18.0 Å². The van der Waals surface area contributed by atoms with Crippen LogP contribution in [0, 0.1) is 4.71 Å². The van der Waals surface area contributed by atoms with Gasteiger partial charge >= 0.3 is 0 Å². The minimum Gasteiger partial charge on any atom is -0.454 e. The zero-order chi connectivity index (χ0) is 21.1. The van der Waals surface area contributed by atoms with Crippen LogP contribution < -0.4 is 10.6 Å². The van der Waals surface area contributed by atoms with E-state index in [4.69, 9.17) is 10.2 Å². The van der Waals surface area contributed by atoms with Crippen molar-refractivity contribution in [3.05, 3.63) is 88.8 Å². The number of rotatable bonds is 4. The van der Waals surface area contributed by atoms with E-state index < -0.39 is 15.7 Å². The van der Waals surface area contributed by atoms with Gasteiger partial charge in [0.1, 0.15) is 0 Å². The van der Waals surface area contributed by atoms with Gasteiger partial charge in [-0.3, -0.25) is 4.79 Å². The molecule has 1 fully saturated rings. The first-order valence-corrected chi connectivity index (χ1v) is 11.3. The van der Waals surface area contributed by atoms with Crippen LogP contribution >= 0.6 is 0 Å². The number of amides is 1. The SMILES string of the molecule is NC(=O)c1ccoc(=S(=O)(O)c2ccc(N3CCC(c4ccccc4)CC3)cc2)c1. The molecule has 156 valence electrons. The highest BCUT2D eigenvalue weighted by Gasteiger charge is 2.21. The maximum atomic E-state index is 12.9. The fraction of sp³-hybridized carbons (Fsp3) is 0.217. The van der Waals surface area contributed by atoms with Gasteiger partial charge in [-0.1, -0.05) is 30.3 Å². The quantitative estimate of drug-likeness (QED) is 0.615. The first kappa shape index (κ1) is 20.3. The van der Waals surface area contributed by atoms with E-state index in [1.54, 1.807) is 12.1 Å². The second-order valence-corrected chi connectivity index (χ2v) is 9.32. The molecule has 2 aromatic carbocycles. The molecule has 30 heavy (non-hydrogen) atoms. The van der Waals surface area contributed by atoms with Crippen LogP contribution in [0.25, 0.3) is 0 Å². The van der Waals surface area contributed by atoms with Crippen LogP contribution in [0.4, 0.5) is 5.69 Å². The molecule has 2 heterocycles. The van der Waals surface area contributed by atoms with Crippen molar-refractivity contribution in [3.8, 4) is 0 Å². The Hall–Kier alpha value is -3.03. The fourth-order valence-corrected chi connectivity index (χ4v) is 5.05. The summed E-state index contributed by atoms with van der Waals surface area (Å²) in [6, 6.07) is 20.1. The van der Waals surface area contributed by atoms with Gasteiger partial charge in [-0.15, -0.1) is 0 Å². The number of nitrogens with two attached hydrogens (primary N) is 1. The van der Waals surface area contributed by atoms with Crippen molar-refractivity contribution >= 4 is 21.4 Å². The predicted octanol–water partition coefficient (Wildman–Crippen LogP) is 4.11. The zero-order valence-electron chi connectivity index (χ0n) is 16.4. The van der Waals surface area contributed by atoms with Crippen molar-refractivity contribution < 1.29 is 18.0 Å². The molecule has 0 saturated carbocycles. The summed E-state index contributed by atoms with van der Waals surface area (Å²) in [5.41, 5.74) is 7.78. The van der Waals surface area contributed by atoms with Gasteiger partial charge in [0.15, 0.2) is 9.80 Å². The maximum absolute atomic E-state index is 12.9. The van der Waals surface area contributed by atoms with E-state index in [1.807, 2.05) is 18.2 Å². The molecule has 0 bridgehead atoms. The number of hydrogen-bond acceptors (Lipinski definition) is 4. The molecular formula is C23H24N2O4S. The van der Waals surface area contributed by atoms with Gasteiger partial charge in [-0.05, 0) is 54.7 Å². The Balaban J connectivity index is 1.54. The predicted molar refractivity (Wildman–Crippen MR) is 117 cm³/mol. The highest BCUT2D eigenvalue weighted by atomic mass is 32.2. The van der Waals surface area contributed by atoms with E-state index in [-0.39, 0.29) is 15.2 Å². The zero-order valence-corrected chi connectivity index (χ0v) is 17.3. The molecule has 1 unspecified atom stereocenters. The third kappa shape index (κ3) is 4.13. The van der Waals surface area contributed by atoms with E-state index >= 15 is 0 Å². The van der Waals surface area contributed by atoms with Crippen LogP contribution in [-0.4, -0.2) is 27.8 Å². The maximum Gasteiger partial charge on any atom is 0.248 e. The molecule has 7 heteroatoms. The van der Waals surface area contributed by atoms with Crippen LogP contribution in [0.3, 0.4) is 0 Å². The van der Waals surface area contributed by atoms with Gasteiger partial charge in [-0.2, -0.15) is 0 Å². The lowest BCUT2D eigenvalue weighted by molar-refractivity contribution is 0.0999. The third-order valence-corrected chi connectivity index (χ3v) is 7.22. The molecule has 1 atom stereocenters. The van der Waals surface area contributed by atoms with Gasteiger partial charge in [0.25, 0.3) is 0 Å². The minimum atomic E-state index is -3.63. The molecule has 6 nitrogen and oxygen atoms in total. The van der Waals surface area contributed by atoms with Crippen LogP contribution in [0.1, 0.15) is 34.7 Å². The van der Waals surface area contributed by atoms with E-state index in [9.17, 15) is 13.6 Å². The molecule has 0 spiro atoms.